The van der Waals surface area contributed by atoms with Crippen molar-refractivity contribution in [2.24, 2.45) is 0 Å². The third-order valence-electron chi connectivity index (χ3n) is 18.3. The summed E-state index contributed by atoms with van der Waals surface area (Å²) in [4.78, 5) is 5.25. The van der Waals surface area contributed by atoms with Crippen molar-refractivity contribution in [2.45, 2.75) is 0 Å². The van der Waals surface area contributed by atoms with E-state index in [-0.39, 0.29) is 6.71 Å². The minimum atomic E-state index is -0.166. The molecule has 15 aromatic rings. The molecule has 17 rings (SSSR count). The van der Waals surface area contributed by atoms with Crippen LogP contribution < -0.4 is 26.2 Å². The first kappa shape index (κ1) is 51.9. The number of hydrogen-bond donors (Lipinski definition) is 0. The minimum absolute atomic E-state index is 0.166. The monoisotopic (exact) mass is 1130 g/mol. The summed E-state index contributed by atoms with van der Waals surface area (Å²) in [6, 6.07) is 129. The molecule has 0 amide bonds. The Morgan fingerprint density at radius 2 is 0.461 bits per heavy atom. The van der Waals surface area contributed by atoms with Crippen LogP contribution in [0.15, 0.2) is 346 Å². The molecule has 2 aliphatic heterocycles. The van der Waals surface area contributed by atoms with Gasteiger partial charge in [0.05, 0.1) is 0 Å². The number of rotatable bonds is 10. The summed E-state index contributed by atoms with van der Waals surface area (Å²) in [6.07, 6.45) is 0. The van der Waals surface area contributed by atoms with E-state index in [4.69, 9.17) is 0 Å². The maximum absolute atomic E-state index is 2.63. The van der Waals surface area contributed by atoms with Crippen LogP contribution in [0.2, 0.25) is 0 Å². The Kier molecular flexibility index (Phi) is 12.7. The van der Waals surface area contributed by atoms with Crippen molar-refractivity contribution in [3.63, 3.8) is 0 Å². The quantitative estimate of drug-likeness (QED) is 0.126. The Morgan fingerprint density at radius 1 is 0.191 bits per heavy atom. The molecule has 0 spiro atoms. The molecule has 2 aliphatic rings. The normalized spacial score (nSPS) is 12.2. The van der Waals surface area contributed by atoms with E-state index in [9.17, 15) is 0 Å². The highest BCUT2D eigenvalue weighted by molar-refractivity contribution is 7.00. The van der Waals surface area contributed by atoms with Gasteiger partial charge in [-0.25, -0.2) is 0 Å². The van der Waals surface area contributed by atoms with Crippen molar-refractivity contribution in [1.29, 1.82) is 0 Å². The van der Waals surface area contributed by atoms with Crippen LogP contribution in [0.4, 0.5) is 34.1 Å². The van der Waals surface area contributed by atoms with Crippen LogP contribution in [0, 0.1) is 0 Å². The van der Waals surface area contributed by atoms with Gasteiger partial charge in [-0.05, 0) is 200 Å². The Bertz CT molecular complexity index is 4750. The molecule has 89 heavy (non-hydrogen) atoms. The Labute approximate surface area is 520 Å². The van der Waals surface area contributed by atoms with Gasteiger partial charge in [-0.2, -0.15) is 0 Å². The predicted octanol–water partition coefficient (Wildman–Crippen LogP) is 21.4. The van der Waals surface area contributed by atoms with E-state index in [1.807, 2.05) is 0 Å². The summed E-state index contributed by atoms with van der Waals surface area (Å²) in [7, 11) is 0. The molecule has 0 saturated heterocycles. The molecule has 0 aliphatic carbocycles. The van der Waals surface area contributed by atoms with Gasteiger partial charge in [-0.3, -0.25) is 0 Å². The third-order valence-corrected chi connectivity index (χ3v) is 18.3. The van der Waals surface area contributed by atoms with Crippen molar-refractivity contribution in [3.05, 3.63) is 346 Å². The van der Waals surface area contributed by atoms with Gasteiger partial charge in [-0.1, -0.05) is 273 Å². The van der Waals surface area contributed by atoms with Crippen LogP contribution in [-0.2, 0) is 0 Å². The van der Waals surface area contributed by atoms with Gasteiger partial charge in [0.1, 0.15) is 0 Å². The highest BCUT2D eigenvalue weighted by atomic mass is 15.2. The molecule has 0 unspecified atom stereocenters. The van der Waals surface area contributed by atoms with E-state index in [0.29, 0.717) is 0 Å². The van der Waals surface area contributed by atoms with Crippen molar-refractivity contribution >= 4 is 78.8 Å². The van der Waals surface area contributed by atoms with Crippen LogP contribution in [0.25, 0.3) is 111 Å². The van der Waals surface area contributed by atoms with Crippen LogP contribution in [0.1, 0.15) is 0 Å². The SMILES string of the molecule is c1ccc(-c2cc(-c3ccccc3)cc(N3c4cc5ccccc5cc4B4c5cc6ccccc6cc5N(c5cc(-c6ccccc6)cc(-c6ccccc6)c5)c5cc(-c6c(-c7ccccc7)cc(-c7ccccc7)cc6-c6ccccc6)cc3c54)c2)cc1. The topological polar surface area (TPSA) is 6.48 Å². The Hall–Kier alpha value is -11.5. The summed E-state index contributed by atoms with van der Waals surface area (Å²) < 4.78 is 0. The van der Waals surface area contributed by atoms with Gasteiger partial charge in [0, 0.05) is 34.1 Å². The average molecular weight is 1130 g/mol. The van der Waals surface area contributed by atoms with Gasteiger partial charge < -0.3 is 9.80 Å². The zero-order chi connectivity index (χ0) is 58.8. The first-order chi connectivity index (χ1) is 44.1. The summed E-state index contributed by atoms with van der Waals surface area (Å²) in [5, 5.41) is 4.80. The Morgan fingerprint density at radius 3 is 0.775 bits per heavy atom. The van der Waals surface area contributed by atoms with Crippen molar-refractivity contribution in [1.82, 2.24) is 0 Å². The fourth-order valence-electron chi connectivity index (χ4n) is 14.2. The van der Waals surface area contributed by atoms with Gasteiger partial charge >= 0.3 is 0 Å². The molecule has 0 fully saturated rings. The van der Waals surface area contributed by atoms with Gasteiger partial charge in [0.15, 0.2) is 0 Å². The second-order valence-corrected chi connectivity index (χ2v) is 23.6. The van der Waals surface area contributed by atoms with Crippen molar-refractivity contribution < 1.29 is 0 Å². The van der Waals surface area contributed by atoms with Crippen molar-refractivity contribution in [2.75, 3.05) is 9.80 Å². The second-order valence-electron chi connectivity index (χ2n) is 23.6. The maximum atomic E-state index is 2.63. The van der Waals surface area contributed by atoms with E-state index in [2.05, 4.69) is 356 Å². The molecule has 0 saturated carbocycles. The molecular weight excluding hydrogens is 1070 g/mol. The zero-order valence-corrected chi connectivity index (χ0v) is 48.9. The van der Waals surface area contributed by atoms with Crippen LogP contribution in [0.3, 0.4) is 0 Å². The molecular formula is C86H57BN2. The number of nitrogens with zero attached hydrogens (tertiary/aromatic N) is 2. The number of hydrogen-bond acceptors (Lipinski definition) is 2. The summed E-state index contributed by atoms with van der Waals surface area (Å²) in [6.45, 7) is -0.166. The number of anilines is 6. The molecule has 3 heteroatoms. The van der Waals surface area contributed by atoms with E-state index in [1.54, 1.807) is 0 Å². The van der Waals surface area contributed by atoms with Crippen LogP contribution >= 0.6 is 0 Å². The van der Waals surface area contributed by atoms with Gasteiger partial charge in [-0.15, -0.1) is 0 Å². The molecule has 2 nitrogen and oxygen atoms in total. The minimum Gasteiger partial charge on any atom is -0.311 e. The fourth-order valence-corrected chi connectivity index (χ4v) is 14.2. The highest BCUT2D eigenvalue weighted by Gasteiger charge is 2.45. The van der Waals surface area contributed by atoms with Crippen LogP contribution in [-0.4, -0.2) is 6.71 Å². The van der Waals surface area contributed by atoms with Crippen molar-refractivity contribution in [3.8, 4) is 89.0 Å². The molecule has 414 valence electrons. The first-order valence-electron chi connectivity index (χ1n) is 30.8. The highest BCUT2D eigenvalue weighted by Crippen LogP contribution is 2.52. The zero-order valence-electron chi connectivity index (χ0n) is 48.9. The lowest BCUT2D eigenvalue weighted by Crippen LogP contribution is -2.61. The fraction of sp³-hybridized carbons (Fsp3) is 0. The predicted molar refractivity (Wildman–Crippen MR) is 379 cm³/mol. The van der Waals surface area contributed by atoms with Crippen LogP contribution in [0.5, 0.6) is 0 Å². The van der Waals surface area contributed by atoms with E-state index in [1.165, 1.54) is 43.5 Å². The van der Waals surface area contributed by atoms with E-state index < -0.39 is 0 Å². The lowest BCUT2D eigenvalue weighted by Gasteiger charge is -2.45. The molecule has 0 aromatic heterocycles. The average Bonchev–Trinajstić information content (AvgIpc) is 0.836. The lowest BCUT2D eigenvalue weighted by atomic mass is 9.33. The van der Waals surface area contributed by atoms with E-state index >= 15 is 0 Å². The maximum Gasteiger partial charge on any atom is 0.252 e. The molecule has 0 radical (unpaired) electrons. The lowest BCUT2D eigenvalue weighted by molar-refractivity contribution is 1.26. The summed E-state index contributed by atoms with van der Waals surface area (Å²) in [5.74, 6) is 0. The molecule has 0 bridgehead atoms. The summed E-state index contributed by atoms with van der Waals surface area (Å²) >= 11 is 0. The number of fused-ring (bicyclic) bond motifs is 6. The second kappa shape index (κ2) is 21.8. The Balaban J connectivity index is 1.06. The molecule has 2 heterocycles. The van der Waals surface area contributed by atoms with Gasteiger partial charge in [0.2, 0.25) is 0 Å². The molecule has 0 N–H and O–H groups in total. The third kappa shape index (κ3) is 9.22. The standard InChI is InChI=1S/C86H57BN2/c1-8-26-58(27-9-1)69-44-70(59-28-10-2-11-29-59)47-75(46-69)88-81-54-67-42-24-22-40-65(67)52-79(81)87-80-53-66-41-23-25-43-68(66)55-82(80)89(76-48-71(60-30-12-3-13-31-60)45-72(49-76)61-32-14-4-15-33-61)84-57-74(56-83(88)86(84)87)85-77(63-36-18-6-19-37-63)50-73(62-34-16-5-17-35-62)51-78(85)64-38-20-7-21-39-64/h1-57H. The summed E-state index contributed by atoms with van der Waals surface area (Å²) in [5.41, 5.74) is 29.0. The first-order valence-corrected chi connectivity index (χ1v) is 30.8. The van der Waals surface area contributed by atoms with E-state index in [0.717, 1.165) is 118 Å². The number of benzene rings is 15. The molecule has 0 atom stereocenters. The largest absolute Gasteiger partial charge is 0.311 e. The van der Waals surface area contributed by atoms with Gasteiger partial charge in [0.25, 0.3) is 6.71 Å². The smallest absolute Gasteiger partial charge is 0.252 e. The molecule has 15 aromatic carbocycles.